The SMILES string of the molecule is Cc1c(C(=O)NC23CC4CC(CC(C4)C2)C3)oc2c1C(=O)CC(C)(C)C2. The van der Waals surface area contributed by atoms with Crippen LogP contribution < -0.4 is 5.32 Å². The van der Waals surface area contributed by atoms with Crippen LogP contribution in [0.5, 0.6) is 0 Å². The van der Waals surface area contributed by atoms with Gasteiger partial charge in [-0.15, -0.1) is 0 Å². The molecule has 4 bridgehead atoms. The van der Waals surface area contributed by atoms with Gasteiger partial charge in [0, 0.05) is 23.9 Å². The predicted octanol–water partition coefficient (Wildman–Crippen LogP) is 4.44. The van der Waals surface area contributed by atoms with Crippen molar-refractivity contribution in [3.63, 3.8) is 0 Å². The molecule has 0 aromatic carbocycles. The smallest absolute Gasteiger partial charge is 0.287 e. The van der Waals surface area contributed by atoms with Crippen molar-refractivity contribution in [2.24, 2.45) is 23.2 Å². The normalized spacial score (nSPS) is 36.9. The van der Waals surface area contributed by atoms with Gasteiger partial charge in [0.25, 0.3) is 5.91 Å². The largest absolute Gasteiger partial charge is 0.455 e. The van der Waals surface area contributed by atoms with Crippen molar-refractivity contribution in [3.8, 4) is 0 Å². The van der Waals surface area contributed by atoms with E-state index in [4.69, 9.17) is 4.42 Å². The van der Waals surface area contributed by atoms with Gasteiger partial charge in [0.15, 0.2) is 11.5 Å². The Kier molecular flexibility index (Phi) is 3.34. The highest BCUT2D eigenvalue weighted by atomic mass is 16.4. The molecular weight excluding hydrogens is 326 g/mol. The second-order valence-corrected chi connectivity index (χ2v) is 10.4. The molecule has 1 N–H and O–H groups in total. The molecule has 4 nitrogen and oxygen atoms in total. The van der Waals surface area contributed by atoms with Crippen LogP contribution in [0.1, 0.15) is 91.0 Å². The molecule has 0 aliphatic heterocycles. The Morgan fingerprint density at radius 3 is 2.19 bits per heavy atom. The average Bonchev–Trinajstić information content (AvgIpc) is 2.80. The van der Waals surface area contributed by atoms with E-state index in [1.54, 1.807) is 0 Å². The topological polar surface area (TPSA) is 59.3 Å². The number of rotatable bonds is 2. The quantitative estimate of drug-likeness (QED) is 0.853. The average molecular weight is 355 g/mol. The predicted molar refractivity (Wildman–Crippen MR) is 98.2 cm³/mol. The molecule has 0 unspecified atom stereocenters. The second-order valence-electron chi connectivity index (χ2n) is 10.4. The first-order chi connectivity index (χ1) is 12.2. The van der Waals surface area contributed by atoms with Crippen molar-refractivity contribution in [2.45, 2.75) is 77.7 Å². The Labute approximate surface area is 155 Å². The van der Waals surface area contributed by atoms with Crippen molar-refractivity contribution in [3.05, 3.63) is 22.6 Å². The number of fused-ring (bicyclic) bond motifs is 1. The van der Waals surface area contributed by atoms with Gasteiger partial charge in [-0.1, -0.05) is 13.8 Å². The van der Waals surface area contributed by atoms with E-state index < -0.39 is 0 Å². The zero-order valence-corrected chi connectivity index (χ0v) is 16.1. The Bertz CT molecular complexity index is 765. The van der Waals surface area contributed by atoms with Gasteiger partial charge in [0.1, 0.15) is 5.76 Å². The van der Waals surface area contributed by atoms with Gasteiger partial charge in [-0.25, -0.2) is 0 Å². The summed E-state index contributed by atoms with van der Waals surface area (Å²) in [5, 5.41) is 3.38. The number of amides is 1. The number of Topliss-reactive ketones (excluding diaryl/α,β-unsaturated/α-hetero) is 1. The van der Waals surface area contributed by atoms with Gasteiger partial charge in [-0.05, 0) is 68.6 Å². The highest BCUT2D eigenvalue weighted by molar-refractivity contribution is 6.04. The summed E-state index contributed by atoms with van der Waals surface area (Å²) in [6.45, 7) is 6.04. The van der Waals surface area contributed by atoms with Crippen molar-refractivity contribution < 1.29 is 14.0 Å². The Balaban J connectivity index is 1.43. The van der Waals surface area contributed by atoms with Gasteiger partial charge in [0.05, 0.1) is 5.56 Å². The number of hydrogen-bond acceptors (Lipinski definition) is 3. The van der Waals surface area contributed by atoms with Crippen LogP contribution in [-0.2, 0) is 6.42 Å². The Morgan fingerprint density at radius 2 is 1.62 bits per heavy atom. The summed E-state index contributed by atoms with van der Waals surface area (Å²) >= 11 is 0. The highest BCUT2D eigenvalue weighted by Crippen LogP contribution is 2.55. The lowest BCUT2D eigenvalue weighted by molar-refractivity contribution is -0.0171. The fourth-order valence-corrected chi connectivity index (χ4v) is 6.86. The molecule has 1 aromatic rings. The number of furan rings is 1. The lowest BCUT2D eigenvalue weighted by Gasteiger charge is -2.56. The summed E-state index contributed by atoms with van der Waals surface area (Å²) in [6, 6.07) is 0. The van der Waals surface area contributed by atoms with Gasteiger partial charge in [-0.3, -0.25) is 9.59 Å². The van der Waals surface area contributed by atoms with Crippen LogP contribution in [0.15, 0.2) is 4.42 Å². The van der Waals surface area contributed by atoms with E-state index in [1.807, 2.05) is 6.92 Å². The van der Waals surface area contributed by atoms with E-state index in [0.29, 0.717) is 23.5 Å². The summed E-state index contributed by atoms with van der Waals surface area (Å²) in [6.07, 6.45) is 8.67. The molecule has 140 valence electrons. The van der Waals surface area contributed by atoms with Crippen LogP contribution in [0.2, 0.25) is 0 Å². The number of carbonyl (C=O) groups is 2. The van der Waals surface area contributed by atoms with Crippen LogP contribution in [0.3, 0.4) is 0 Å². The lowest BCUT2D eigenvalue weighted by Crippen LogP contribution is -2.59. The molecular formula is C22H29NO3. The maximum absolute atomic E-state index is 13.1. The van der Waals surface area contributed by atoms with Crippen LogP contribution in [0.25, 0.3) is 0 Å². The fraction of sp³-hybridized carbons (Fsp3) is 0.727. The lowest BCUT2D eigenvalue weighted by atomic mass is 9.53. The minimum Gasteiger partial charge on any atom is -0.455 e. The highest BCUT2D eigenvalue weighted by Gasteiger charge is 2.52. The van der Waals surface area contributed by atoms with Crippen molar-refractivity contribution >= 4 is 11.7 Å². The zero-order chi connectivity index (χ0) is 18.3. The molecule has 0 saturated heterocycles. The van der Waals surface area contributed by atoms with E-state index in [-0.39, 0.29) is 22.6 Å². The molecule has 0 atom stereocenters. The van der Waals surface area contributed by atoms with E-state index in [9.17, 15) is 9.59 Å². The van der Waals surface area contributed by atoms with E-state index in [2.05, 4.69) is 19.2 Å². The summed E-state index contributed by atoms with van der Waals surface area (Å²) < 4.78 is 5.99. The van der Waals surface area contributed by atoms with Crippen molar-refractivity contribution in [1.29, 1.82) is 0 Å². The number of carbonyl (C=O) groups excluding carboxylic acids is 2. The van der Waals surface area contributed by atoms with E-state index in [0.717, 1.165) is 49.0 Å². The first kappa shape index (κ1) is 16.6. The van der Waals surface area contributed by atoms with E-state index >= 15 is 0 Å². The summed E-state index contributed by atoms with van der Waals surface area (Å²) in [5.41, 5.74) is 1.28. The van der Waals surface area contributed by atoms with Crippen LogP contribution in [0, 0.1) is 30.1 Å². The number of hydrogen-bond donors (Lipinski definition) is 1. The third kappa shape index (κ3) is 2.48. The van der Waals surface area contributed by atoms with Gasteiger partial charge < -0.3 is 9.73 Å². The Morgan fingerprint density at radius 1 is 1.04 bits per heavy atom. The van der Waals surface area contributed by atoms with Crippen LogP contribution in [-0.4, -0.2) is 17.2 Å². The molecule has 5 aliphatic carbocycles. The molecule has 4 saturated carbocycles. The van der Waals surface area contributed by atoms with Gasteiger partial charge >= 0.3 is 0 Å². The van der Waals surface area contributed by atoms with E-state index in [1.165, 1.54) is 19.3 Å². The minimum atomic E-state index is -0.107. The molecule has 4 fully saturated rings. The molecule has 6 rings (SSSR count). The molecule has 1 heterocycles. The standard InChI is InChI=1S/C22H29NO3/c1-12-18-16(24)10-21(2,3)11-17(18)26-19(12)20(25)23-22-7-13-4-14(8-22)6-15(5-13)9-22/h13-15H,4-11H2,1-3H3,(H,23,25). The van der Waals surface area contributed by atoms with Crippen molar-refractivity contribution in [2.75, 3.05) is 0 Å². The summed E-state index contributed by atoms with van der Waals surface area (Å²) in [4.78, 5) is 25.7. The molecule has 0 radical (unpaired) electrons. The summed E-state index contributed by atoms with van der Waals surface area (Å²) in [7, 11) is 0. The maximum atomic E-state index is 13.1. The molecule has 0 spiro atoms. The van der Waals surface area contributed by atoms with Crippen LogP contribution in [0.4, 0.5) is 0 Å². The fourth-order valence-electron chi connectivity index (χ4n) is 6.86. The minimum absolute atomic E-state index is 0.0329. The molecule has 1 amide bonds. The monoisotopic (exact) mass is 355 g/mol. The second kappa shape index (κ2) is 5.24. The zero-order valence-electron chi connectivity index (χ0n) is 16.1. The first-order valence-corrected chi connectivity index (χ1v) is 10.2. The number of ketones is 1. The molecule has 1 aromatic heterocycles. The van der Waals surface area contributed by atoms with Gasteiger partial charge in [0.2, 0.25) is 0 Å². The van der Waals surface area contributed by atoms with Gasteiger partial charge in [-0.2, -0.15) is 0 Å². The van der Waals surface area contributed by atoms with Crippen molar-refractivity contribution in [1.82, 2.24) is 5.32 Å². The Hall–Kier alpha value is -1.58. The third-order valence-electron chi connectivity index (χ3n) is 7.40. The maximum Gasteiger partial charge on any atom is 0.287 e. The number of nitrogens with one attached hydrogen (secondary N) is 1. The third-order valence-corrected chi connectivity index (χ3v) is 7.40. The molecule has 5 aliphatic rings. The first-order valence-electron chi connectivity index (χ1n) is 10.2. The summed E-state index contributed by atoms with van der Waals surface area (Å²) in [5.74, 6) is 3.45. The molecule has 26 heavy (non-hydrogen) atoms. The van der Waals surface area contributed by atoms with Crippen LogP contribution >= 0.6 is 0 Å². The molecule has 4 heteroatoms.